The summed E-state index contributed by atoms with van der Waals surface area (Å²) in [6.07, 6.45) is 1.12. The summed E-state index contributed by atoms with van der Waals surface area (Å²) in [7, 11) is 4.15. The second kappa shape index (κ2) is 7.92. The highest BCUT2D eigenvalue weighted by Gasteiger charge is 2.07. The molecule has 0 heterocycles. The summed E-state index contributed by atoms with van der Waals surface area (Å²) in [5.74, 6) is -0.863. The second-order valence-corrected chi connectivity index (χ2v) is 5.03. The van der Waals surface area contributed by atoms with Gasteiger partial charge in [-0.2, -0.15) is 0 Å². The van der Waals surface area contributed by atoms with Gasteiger partial charge in [-0.05, 0) is 57.8 Å². The third kappa shape index (κ3) is 5.85. The zero-order chi connectivity index (χ0) is 14.3. The highest BCUT2D eigenvalue weighted by Crippen LogP contribution is 2.09. The Morgan fingerprint density at radius 2 is 2.00 bits per heavy atom. The average Bonchev–Trinajstić information content (AvgIpc) is 2.37. The SMILES string of the molecule is CCN(CCCN(C)C)Cc1cccc(C(=O)O)c1. The van der Waals surface area contributed by atoms with Crippen LogP contribution in [0.2, 0.25) is 0 Å². The number of nitrogens with zero attached hydrogens (tertiary/aromatic N) is 2. The molecule has 0 amide bonds. The summed E-state index contributed by atoms with van der Waals surface area (Å²) in [4.78, 5) is 15.5. The fourth-order valence-electron chi connectivity index (χ4n) is 2.02. The first-order valence-corrected chi connectivity index (χ1v) is 6.72. The molecule has 0 aromatic heterocycles. The van der Waals surface area contributed by atoms with Crippen LogP contribution in [0, 0.1) is 0 Å². The highest BCUT2D eigenvalue weighted by atomic mass is 16.4. The van der Waals surface area contributed by atoms with E-state index in [2.05, 4.69) is 30.8 Å². The molecule has 4 heteroatoms. The lowest BCUT2D eigenvalue weighted by atomic mass is 10.1. The third-order valence-electron chi connectivity index (χ3n) is 3.11. The lowest BCUT2D eigenvalue weighted by Crippen LogP contribution is -2.27. The first-order chi connectivity index (χ1) is 9.02. The number of hydrogen-bond donors (Lipinski definition) is 1. The summed E-state index contributed by atoms with van der Waals surface area (Å²) in [5.41, 5.74) is 1.42. The molecule has 19 heavy (non-hydrogen) atoms. The molecule has 1 N–H and O–H groups in total. The van der Waals surface area contributed by atoms with Crippen LogP contribution < -0.4 is 0 Å². The third-order valence-corrected chi connectivity index (χ3v) is 3.11. The molecule has 0 saturated heterocycles. The van der Waals surface area contributed by atoms with E-state index in [9.17, 15) is 4.79 Å². The summed E-state index contributed by atoms with van der Waals surface area (Å²) in [5, 5.41) is 8.98. The highest BCUT2D eigenvalue weighted by molar-refractivity contribution is 5.87. The fourth-order valence-corrected chi connectivity index (χ4v) is 2.02. The van der Waals surface area contributed by atoms with Crippen molar-refractivity contribution in [2.75, 3.05) is 33.7 Å². The van der Waals surface area contributed by atoms with Gasteiger partial charge in [0.15, 0.2) is 0 Å². The molecule has 0 unspecified atom stereocenters. The van der Waals surface area contributed by atoms with Crippen molar-refractivity contribution < 1.29 is 9.90 Å². The van der Waals surface area contributed by atoms with Crippen LogP contribution in [-0.2, 0) is 6.54 Å². The van der Waals surface area contributed by atoms with E-state index in [1.807, 2.05) is 12.1 Å². The maximum atomic E-state index is 10.9. The van der Waals surface area contributed by atoms with Gasteiger partial charge < -0.3 is 10.0 Å². The molecule has 0 bridgehead atoms. The maximum absolute atomic E-state index is 10.9. The van der Waals surface area contributed by atoms with Crippen molar-refractivity contribution in [1.29, 1.82) is 0 Å². The second-order valence-electron chi connectivity index (χ2n) is 5.03. The molecule has 106 valence electrons. The molecule has 1 rings (SSSR count). The van der Waals surface area contributed by atoms with Gasteiger partial charge in [-0.25, -0.2) is 4.79 Å². The largest absolute Gasteiger partial charge is 0.478 e. The van der Waals surface area contributed by atoms with Gasteiger partial charge in [0.1, 0.15) is 0 Å². The van der Waals surface area contributed by atoms with E-state index in [4.69, 9.17) is 5.11 Å². The van der Waals surface area contributed by atoms with Crippen LogP contribution in [0.1, 0.15) is 29.3 Å². The van der Waals surface area contributed by atoms with Crippen LogP contribution in [0.4, 0.5) is 0 Å². The van der Waals surface area contributed by atoms with Crippen LogP contribution in [0.3, 0.4) is 0 Å². The first kappa shape index (κ1) is 15.7. The Kier molecular flexibility index (Phi) is 6.53. The van der Waals surface area contributed by atoms with E-state index in [1.54, 1.807) is 12.1 Å². The standard InChI is InChI=1S/C15H24N2O2/c1-4-17(10-6-9-16(2)3)12-13-7-5-8-14(11-13)15(18)19/h5,7-8,11H,4,6,9-10,12H2,1-3H3,(H,18,19). The number of carboxylic acids is 1. The molecule has 0 atom stereocenters. The van der Waals surface area contributed by atoms with Crippen molar-refractivity contribution in [3.8, 4) is 0 Å². The minimum atomic E-state index is -0.863. The van der Waals surface area contributed by atoms with Gasteiger partial charge in [-0.15, -0.1) is 0 Å². The molecule has 0 radical (unpaired) electrons. The number of benzene rings is 1. The zero-order valence-electron chi connectivity index (χ0n) is 12.1. The summed E-state index contributed by atoms with van der Waals surface area (Å²) in [6.45, 7) is 6.03. The van der Waals surface area contributed by atoms with E-state index in [0.29, 0.717) is 5.56 Å². The average molecular weight is 264 g/mol. The van der Waals surface area contributed by atoms with E-state index in [-0.39, 0.29) is 0 Å². The van der Waals surface area contributed by atoms with Crippen LogP contribution in [0.5, 0.6) is 0 Å². The lowest BCUT2D eigenvalue weighted by molar-refractivity contribution is 0.0696. The number of hydrogen-bond acceptors (Lipinski definition) is 3. The van der Waals surface area contributed by atoms with E-state index in [1.165, 1.54) is 0 Å². The predicted octanol–water partition coefficient (Wildman–Crippen LogP) is 2.16. The number of rotatable bonds is 8. The van der Waals surface area contributed by atoms with E-state index < -0.39 is 5.97 Å². The van der Waals surface area contributed by atoms with Crippen LogP contribution in [-0.4, -0.2) is 54.6 Å². The van der Waals surface area contributed by atoms with Crippen molar-refractivity contribution in [1.82, 2.24) is 9.80 Å². The van der Waals surface area contributed by atoms with Gasteiger partial charge in [0.25, 0.3) is 0 Å². The first-order valence-electron chi connectivity index (χ1n) is 6.72. The fraction of sp³-hybridized carbons (Fsp3) is 0.533. The topological polar surface area (TPSA) is 43.8 Å². The number of carboxylic acid groups (broad SMARTS) is 1. The molecule has 0 saturated carbocycles. The molecular weight excluding hydrogens is 240 g/mol. The predicted molar refractivity (Wildman–Crippen MR) is 77.5 cm³/mol. The van der Waals surface area contributed by atoms with Gasteiger partial charge in [-0.3, -0.25) is 4.90 Å². The Morgan fingerprint density at radius 3 is 2.58 bits per heavy atom. The molecule has 4 nitrogen and oxygen atoms in total. The van der Waals surface area contributed by atoms with Crippen molar-refractivity contribution in [2.24, 2.45) is 0 Å². The minimum absolute atomic E-state index is 0.363. The Bertz CT molecular complexity index is 405. The van der Waals surface area contributed by atoms with E-state index in [0.717, 1.165) is 38.2 Å². The Morgan fingerprint density at radius 1 is 1.26 bits per heavy atom. The summed E-state index contributed by atoms with van der Waals surface area (Å²) in [6, 6.07) is 7.19. The van der Waals surface area contributed by atoms with Crippen molar-refractivity contribution in [2.45, 2.75) is 19.9 Å². The molecule has 1 aromatic carbocycles. The monoisotopic (exact) mass is 264 g/mol. The lowest BCUT2D eigenvalue weighted by Gasteiger charge is -2.21. The van der Waals surface area contributed by atoms with Crippen molar-refractivity contribution >= 4 is 5.97 Å². The van der Waals surface area contributed by atoms with Crippen LogP contribution in [0.15, 0.2) is 24.3 Å². The molecule has 0 aliphatic heterocycles. The Hall–Kier alpha value is -1.39. The zero-order valence-corrected chi connectivity index (χ0v) is 12.1. The van der Waals surface area contributed by atoms with Crippen molar-refractivity contribution in [3.05, 3.63) is 35.4 Å². The van der Waals surface area contributed by atoms with Crippen molar-refractivity contribution in [3.63, 3.8) is 0 Å². The van der Waals surface area contributed by atoms with Gasteiger partial charge in [-0.1, -0.05) is 19.1 Å². The van der Waals surface area contributed by atoms with Gasteiger partial charge in [0, 0.05) is 6.54 Å². The quantitative estimate of drug-likeness (QED) is 0.781. The molecule has 0 spiro atoms. The van der Waals surface area contributed by atoms with Gasteiger partial charge >= 0.3 is 5.97 Å². The van der Waals surface area contributed by atoms with Gasteiger partial charge in [0.2, 0.25) is 0 Å². The van der Waals surface area contributed by atoms with Gasteiger partial charge in [0.05, 0.1) is 5.56 Å². The minimum Gasteiger partial charge on any atom is -0.478 e. The molecule has 1 aromatic rings. The smallest absolute Gasteiger partial charge is 0.335 e. The molecule has 0 fully saturated rings. The van der Waals surface area contributed by atoms with Crippen LogP contribution >= 0.6 is 0 Å². The molecular formula is C15H24N2O2. The van der Waals surface area contributed by atoms with E-state index >= 15 is 0 Å². The normalized spacial score (nSPS) is 11.2. The maximum Gasteiger partial charge on any atom is 0.335 e. The Balaban J connectivity index is 2.55. The Labute approximate surface area is 115 Å². The summed E-state index contributed by atoms with van der Waals surface area (Å²) < 4.78 is 0. The number of carbonyl (C=O) groups is 1. The number of aromatic carboxylic acids is 1. The molecule has 0 aliphatic carbocycles. The summed E-state index contributed by atoms with van der Waals surface area (Å²) >= 11 is 0. The van der Waals surface area contributed by atoms with Crippen LogP contribution in [0.25, 0.3) is 0 Å². The molecule has 0 aliphatic rings.